The van der Waals surface area contributed by atoms with Crippen molar-refractivity contribution in [1.82, 2.24) is 4.90 Å². The van der Waals surface area contributed by atoms with Gasteiger partial charge in [0.25, 0.3) is 0 Å². The number of hydrogen-bond acceptors (Lipinski definition) is 2. The maximum absolute atomic E-state index is 5.38. The van der Waals surface area contributed by atoms with Gasteiger partial charge in [0.15, 0.2) is 0 Å². The Morgan fingerprint density at radius 3 is 2.40 bits per heavy atom. The first-order valence-electron chi connectivity index (χ1n) is 6.60. The Hall–Kier alpha value is -1.85. The molecule has 0 saturated carbocycles. The van der Waals surface area contributed by atoms with Gasteiger partial charge in [0.2, 0.25) is 0 Å². The molecular weight excluding hydrogens is 262 g/mol. The van der Waals surface area contributed by atoms with Gasteiger partial charge in [0.1, 0.15) is 0 Å². The number of rotatable bonds is 3. The van der Waals surface area contributed by atoms with Gasteiger partial charge in [0, 0.05) is 22.9 Å². The molecule has 0 atom stereocenters. The molecule has 0 radical (unpaired) electrons. The molecule has 0 saturated heterocycles. The van der Waals surface area contributed by atoms with E-state index in [-0.39, 0.29) is 0 Å². The average molecular weight is 285 g/mol. The normalized spacial score (nSPS) is 18.9. The smallest absolute Gasteiger partial charge is 0.0556 e. The van der Waals surface area contributed by atoms with E-state index in [1.807, 2.05) is 46.0 Å². The summed E-state index contributed by atoms with van der Waals surface area (Å²) in [5.74, 6) is 2.58. The molecule has 1 aliphatic heterocycles. The minimum atomic E-state index is 1.04. The van der Waals surface area contributed by atoms with Crippen LogP contribution in [-0.2, 0) is 0 Å². The van der Waals surface area contributed by atoms with Gasteiger partial charge in [-0.05, 0) is 19.1 Å². The van der Waals surface area contributed by atoms with Crippen LogP contribution in [0, 0.1) is 12.3 Å². The lowest BCUT2D eigenvalue weighted by Crippen LogP contribution is -2.21. The lowest BCUT2D eigenvalue weighted by Gasteiger charge is -2.31. The number of allylic oxidation sites excluding steroid dienone is 6. The monoisotopic (exact) mass is 285 g/mol. The van der Waals surface area contributed by atoms with Crippen molar-refractivity contribution in [3.05, 3.63) is 70.8 Å². The van der Waals surface area contributed by atoms with E-state index in [0.29, 0.717) is 0 Å². The van der Waals surface area contributed by atoms with Crippen molar-refractivity contribution < 1.29 is 0 Å². The van der Waals surface area contributed by atoms with E-state index < -0.39 is 0 Å². The predicted molar refractivity (Wildman–Crippen MR) is 93.9 cm³/mol. The zero-order valence-corrected chi connectivity index (χ0v) is 13.6. The van der Waals surface area contributed by atoms with Gasteiger partial charge >= 0.3 is 0 Å². The predicted octanol–water partition coefficient (Wildman–Crippen LogP) is 5.25. The molecule has 1 rings (SSSR count). The molecule has 1 heterocycles. The zero-order valence-electron chi connectivity index (χ0n) is 12.8. The standard InChI is InChI=1S/C16H17NS.C2H6/c1-6-10-14-16(12-8-3)18-15(11-7-2)13(9-4)17(14)5;1-2/h3,6-7,9-12H,1,4H2,2,5H3;1-2H3/b11-7-,14-10+,16-12+;. The van der Waals surface area contributed by atoms with E-state index in [4.69, 9.17) is 6.42 Å². The van der Waals surface area contributed by atoms with E-state index >= 15 is 0 Å². The van der Waals surface area contributed by atoms with Crippen molar-refractivity contribution in [3.8, 4) is 12.3 Å². The molecule has 0 aromatic heterocycles. The summed E-state index contributed by atoms with van der Waals surface area (Å²) >= 11 is 1.65. The van der Waals surface area contributed by atoms with Gasteiger partial charge in [-0.3, -0.25) is 0 Å². The Bertz CT molecular complexity index is 510. The van der Waals surface area contributed by atoms with Crippen LogP contribution in [-0.4, -0.2) is 11.9 Å². The summed E-state index contributed by atoms with van der Waals surface area (Å²) in [5.41, 5.74) is 2.11. The van der Waals surface area contributed by atoms with Crippen molar-refractivity contribution in [2.45, 2.75) is 20.8 Å². The van der Waals surface area contributed by atoms with Crippen LogP contribution in [0.5, 0.6) is 0 Å². The van der Waals surface area contributed by atoms with Gasteiger partial charge < -0.3 is 4.90 Å². The number of nitrogens with zero attached hydrogens (tertiary/aromatic N) is 1. The van der Waals surface area contributed by atoms with E-state index in [9.17, 15) is 0 Å². The van der Waals surface area contributed by atoms with Crippen molar-refractivity contribution in [2.24, 2.45) is 0 Å². The number of hydrogen-bond donors (Lipinski definition) is 0. The largest absolute Gasteiger partial charge is 0.343 e. The summed E-state index contributed by atoms with van der Waals surface area (Å²) in [5, 5.41) is 0. The van der Waals surface area contributed by atoms with Gasteiger partial charge in [0.05, 0.1) is 11.4 Å². The van der Waals surface area contributed by atoms with Crippen LogP contribution in [0.1, 0.15) is 20.8 Å². The molecule has 0 aliphatic carbocycles. The van der Waals surface area contributed by atoms with Crippen molar-refractivity contribution in [1.29, 1.82) is 0 Å². The van der Waals surface area contributed by atoms with Gasteiger partial charge in [-0.25, -0.2) is 0 Å². The third-order valence-electron chi connectivity index (χ3n) is 2.45. The second-order valence-corrected chi connectivity index (χ2v) is 4.66. The first kappa shape index (κ1) is 18.1. The first-order valence-corrected chi connectivity index (χ1v) is 7.41. The molecule has 0 unspecified atom stereocenters. The van der Waals surface area contributed by atoms with Gasteiger partial charge in [-0.15, -0.1) is 6.42 Å². The molecular formula is C18H23NS. The molecule has 0 amide bonds. The lowest BCUT2D eigenvalue weighted by molar-refractivity contribution is 0.548. The Kier molecular flexibility index (Phi) is 9.07. The highest BCUT2D eigenvalue weighted by Gasteiger charge is 2.22. The molecule has 0 bridgehead atoms. The highest BCUT2D eigenvalue weighted by Crippen LogP contribution is 2.42. The SMILES string of the molecule is C#C/C=C1/SC(/C=C\C)=C(C=C)N(C)/C1=C/C=C.CC. The fraction of sp³-hybridized carbons (Fsp3) is 0.222. The second kappa shape index (κ2) is 10.00. The van der Waals surface area contributed by atoms with Crippen molar-refractivity contribution >= 4 is 11.8 Å². The third-order valence-corrected chi connectivity index (χ3v) is 3.56. The number of terminal acetylenes is 1. The van der Waals surface area contributed by atoms with E-state index in [1.54, 1.807) is 23.9 Å². The molecule has 0 fully saturated rings. The summed E-state index contributed by atoms with van der Waals surface area (Å²) in [6.07, 6.45) is 16.8. The maximum Gasteiger partial charge on any atom is 0.0556 e. The summed E-state index contributed by atoms with van der Waals surface area (Å²) in [6.45, 7) is 13.6. The van der Waals surface area contributed by atoms with Gasteiger partial charge in [-0.2, -0.15) is 0 Å². The average Bonchev–Trinajstić information content (AvgIpc) is 2.46. The number of thioether (sulfide) groups is 1. The van der Waals surface area contributed by atoms with Crippen LogP contribution in [0.3, 0.4) is 0 Å². The Morgan fingerprint density at radius 2 is 1.95 bits per heavy atom. The lowest BCUT2D eigenvalue weighted by atomic mass is 10.2. The Labute approximate surface area is 128 Å². The summed E-state index contributed by atoms with van der Waals surface area (Å²) in [4.78, 5) is 4.25. The van der Waals surface area contributed by atoms with Crippen LogP contribution in [0.15, 0.2) is 70.8 Å². The zero-order chi connectivity index (χ0) is 15.5. The molecule has 2 heteroatoms. The Balaban J connectivity index is 0.00000172. The quantitative estimate of drug-likeness (QED) is 0.651. The molecule has 0 aromatic rings. The fourth-order valence-corrected chi connectivity index (χ4v) is 2.88. The molecule has 1 aliphatic rings. The van der Waals surface area contributed by atoms with Crippen molar-refractivity contribution in [2.75, 3.05) is 7.05 Å². The van der Waals surface area contributed by atoms with Crippen LogP contribution in [0.4, 0.5) is 0 Å². The molecule has 1 nitrogen and oxygen atoms in total. The highest BCUT2D eigenvalue weighted by molar-refractivity contribution is 8.07. The minimum absolute atomic E-state index is 1.04. The molecule has 0 aromatic carbocycles. The fourth-order valence-electron chi connectivity index (χ4n) is 1.68. The maximum atomic E-state index is 5.38. The van der Waals surface area contributed by atoms with Crippen LogP contribution in [0.25, 0.3) is 0 Å². The topological polar surface area (TPSA) is 3.24 Å². The van der Waals surface area contributed by atoms with Crippen LogP contribution >= 0.6 is 11.8 Å². The van der Waals surface area contributed by atoms with Crippen LogP contribution < -0.4 is 0 Å². The molecule has 106 valence electrons. The molecule has 0 N–H and O–H groups in total. The van der Waals surface area contributed by atoms with Crippen molar-refractivity contribution in [3.63, 3.8) is 0 Å². The van der Waals surface area contributed by atoms with Gasteiger partial charge in [-0.1, -0.05) is 62.9 Å². The third kappa shape index (κ3) is 4.36. The molecule has 0 spiro atoms. The summed E-state index contributed by atoms with van der Waals surface area (Å²) in [7, 11) is 2.00. The summed E-state index contributed by atoms with van der Waals surface area (Å²) < 4.78 is 0. The van der Waals surface area contributed by atoms with E-state index in [0.717, 1.165) is 21.2 Å². The minimum Gasteiger partial charge on any atom is -0.343 e. The summed E-state index contributed by atoms with van der Waals surface area (Å²) in [6, 6.07) is 0. The first-order chi connectivity index (χ1) is 9.69. The highest BCUT2D eigenvalue weighted by atomic mass is 32.2. The number of likely N-dealkylation sites (N-methyl/N-ethyl adjacent to an activating group) is 1. The van der Waals surface area contributed by atoms with E-state index in [2.05, 4.69) is 30.1 Å². The van der Waals surface area contributed by atoms with E-state index in [1.165, 1.54) is 0 Å². The second-order valence-electron chi connectivity index (χ2n) is 3.58. The Morgan fingerprint density at radius 1 is 1.30 bits per heavy atom. The molecule has 20 heavy (non-hydrogen) atoms. The van der Waals surface area contributed by atoms with Crippen LogP contribution in [0.2, 0.25) is 0 Å².